The summed E-state index contributed by atoms with van der Waals surface area (Å²) in [5, 5.41) is 0.922. The highest BCUT2D eigenvalue weighted by molar-refractivity contribution is 9.10. The van der Waals surface area contributed by atoms with Gasteiger partial charge < -0.3 is 4.74 Å². The third-order valence-corrected chi connectivity index (χ3v) is 4.09. The minimum Gasteiger partial charge on any atom is -0.465 e. The molecule has 0 atom stereocenters. The van der Waals surface area contributed by atoms with Gasteiger partial charge in [0.2, 0.25) is 0 Å². The predicted octanol–water partition coefficient (Wildman–Crippen LogP) is 3.59. The Morgan fingerprint density at radius 1 is 1.50 bits per heavy atom. The molecule has 94 valence electrons. The molecule has 0 aliphatic heterocycles. The molecule has 0 amide bonds. The number of aromatic nitrogens is 1. The molecule has 2 rings (SSSR count). The van der Waals surface area contributed by atoms with E-state index in [0.717, 1.165) is 27.2 Å². The summed E-state index contributed by atoms with van der Waals surface area (Å²) in [6.45, 7) is 1.83. The van der Waals surface area contributed by atoms with Gasteiger partial charge in [-0.3, -0.25) is 0 Å². The molecule has 2 aromatic rings. The van der Waals surface area contributed by atoms with Crippen molar-refractivity contribution in [2.45, 2.75) is 13.3 Å². The highest BCUT2D eigenvalue weighted by Crippen LogP contribution is 2.22. The van der Waals surface area contributed by atoms with Crippen LogP contribution in [0.5, 0.6) is 0 Å². The maximum absolute atomic E-state index is 11.5. The Morgan fingerprint density at radius 3 is 2.94 bits per heavy atom. The molecular weight excluding hydrogens is 314 g/mol. The van der Waals surface area contributed by atoms with E-state index >= 15 is 0 Å². The number of thiazole rings is 1. The summed E-state index contributed by atoms with van der Waals surface area (Å²) in [6, 6.07) is 8.06. The summed E-state index contributed by atoms with van der Waals surface area (Å²) in [7, 11) is 1.38. The molecule has 3 nitrogen and oxygen atoms in total. The van der Waals surface area contributed by atoms with Crippen molar-refractivity contribution in [2.24, 2.45) is 0 Å². The van der Waals surface area contributed by atoms with Crippen LogP contribution in [0.4, 0.5) is 0 Å². The van der Waals surface area contributed by atoms with E-state index in [4.69, 9.17) is 4.74 Å². The van der Waals surface area contributed by atoms with Crippen molar-refractivity contribution in [3.05, 3.63) is 49.9 Å². The lowest BCUT2D eigenvalue weighted by Gasteiger charge is -1.98. The number of hydrogen-bond acceptors (Lipinski definition) is 4. The van der Waals surface area contributed by atoms with E-state index in [0.29, 0.717) is 4.88 Å². The Kier molecular flexibility index (Phi) is 4.14. The number of halogens is 1. The first-order chi connectivity index (χ1) is 8.60. The van der Waals surface area contributed by atoms with Crippen molar-refractivity contribution < 1.29 is 9.53 Å². The van der Waals surface area contributed by atoms with Crippen molar-refractivity contribution in [1.29, 1.82) is 0 Å². The molecule has 0 radical (unpaired) electrons. The second-order valence-corrected chi connectivity index (χ2v) is 5.82. The van der Waals surface area contributed by atoms with Crippen LogP contribution >= 0.6 is 27.3 Å². The van der Waals surface area contributed by atoms with Gasteiger partial charge in [-0.15, -0.1) is 11.3 Å². The van der Waals surface area contributed by atoms with E-state index < -0.39 is 0 Å². The summed E-state index contributed by atoms with van der Waals surface area (Å²) >= 11 is 4.83. The molecule has 0 fully saturated rings. The zero-order valence-electron chi connectivity index (χ0n) is 10.1. The molecule has 0 aliphatic rings. The van der Waals surface area contributed by atoms with Crippen LogP contribution in [-0.2, 0) is 11.2 Å². The molecule has 18 heavy (non-hydrogen) atoms. The number of methoxy groups -OCH3 is 1. The second kappa shape index (κ2) is 5.63. The normalized spacial score (nSPS) is 10.4. The Morgan fingerprint density at radius 2 is 2.28 bits per heavy atom. The molecule has 0 N–H and O–H groups in total. The number of esters is 1. The first kappa shape index (κ1) is 13.2. The second-order valence-electron chi connectivity index (χ2n) is 3.82. The van der Waals surface area contributed by atoms with Crippen LogP contribution in [0.25, 0.3) is 0 Å². The maximum Gasteiger partial charge on any atom is 0.349 e. The summed E-state index contributed by atoms with van der Waals surface area (Å²) in [5.41, 5.74) is 1.89. The summed E-state index contributed by atoms with van der Waals surface area (Å²) in [4.78, 5) is 16.5. The molecule has 0 aliphatic carbocycles. The van der Waals surface area contributed by atoms with Gasteiger partial charge in [0.25, 0.3) is 0 Å². The van der Waals surface area contributed by atoms with Crippen molar-refractivity contribution in [1.82, 2.24) is 4.98 Å². The number of rotatable bonds is 3. The zero-order chi connectivity index (χ0) is 13.1. The lowest BCUT2D eigenvalue weighted by molar-refractivity contribution is 0.0605. The van der Waals surface area contributed by atoms with Crippen molar-refractivity contribution in [3.63, 3.8) is 0 Å². The lowest BCUT2D eigenvalue weighted by atomic mass is 10.2. The van der Waals surface area contributed by atoms with Crippen LogP contribution in [0.1, 0.15) is 25.9 Å². The van der Waals surface area contributed by atoms with Gasteiger partial charge in [-0.25, -0.2) is 9.78 Å². The van der Waals surface area contributed by atoms with E-state index in [1.54, 1.807) is 0 Å². The minimum atomic E-state index is -0.314. The molecule has 0 bridgehead atoms. The quantitative estimate of drug-likeness (QED) is 0.809. The predicted molar refractivity (Wildman–Crippen MR) is 75.1 cm³/mol. The first-order valence-electron chi connectivity index (χ1n) is 5.39. The van der Waals surface area contributed by atoms with Gasteiger partial charge in [-0.05, 0) is 24.6 Å². The van der Waals surface area contributed by atoms with Gasteiger partial charge in [0.05, 0.1) is 17.8 Å². The largest absolute Gasteiger partial charge is 0.465 e. The molecule has 1 heterocycles. The number of carbonyl (C=O) groups excluding carboxylic acids is 1. The average molecular weight is 326 g/mol. The number of ether oxygens (including phenoxy) is 1. The highest BCUT2D eigenvalue weighted by Gasteiger charge is 2.15. The molecule has 0 saturated heterocycles. The molecule has 0 saturated carbocycles. The number of aryl methyl sites for hydroxylation is 1. The van der Waals surface area contributed by atoms with Crippen molar-refractivity contribution >= 4 is 33.2 Å². The van der Waals surface area contributed by atoms with E-state index in [9.17, 15) is 4.79 Å². The third-order valence-electron chi connectivity index (χ3n) is 2.46. The summed E-state index contributed by atoms with van der Waals surface area (Å²) < 4.78 is 5.77. The number of benzene rings is 1. The smallest absolute Gasteiger partial charge is 0.349 e. The fourth-order valence-electron chi connectivity index (χ4n) is 1.63. The Bertz CT molecular complexity index is 580. The molecule has 1 aromatic carbocycles. The summed E-state index contributed by atoms with van der Waals surface area (Å²) in [6.07, 6.45) is 0.724. The van der Waals surface area contributed by atoms with Crippen molar-refractivity contribution in [3.8, 4) is 0 Å². The number of hydrogen-bond donors (Lipinski definition) is 0. The van der Waals surface area contributed by atoms with Crippen molar-refractivity contribution in [2.75, 3.05) is 7.11 Å². The number of nitrogens with zero attached hydrogens (tertiary/aromatic N) is 1. The third kappa shape index (κ3) is 2.97. The van der Waals surface area contributed by atoms with Gasteiger partial charge >= 0.3 is 5.97 Å². The van der Waals surface area contributed by atoms with Crippen LogP contribution < -0.4 is 0 Å². The van der Waals surface area contributed by atoms with Crippen LogP contribution in [0, 0.1) is 6.92 Å². The van der Waals surface area contributed by atoms with Gasteiger partial charge in [-0.2, -0.15) is 0 Å². The van der Waals surface area contributed by atoms with Gasteiger partial charge in [-0.1, -0.05) is 28.1 Å². The fraction of sp³-hybridized carbons (Fsp3) is 0.231. The Labute approximate surface area is 118 Å². The first-order valence-corrected chi connectivity index (χ1v) is 7.00. The highest BCUT2D eigenvalue weighted by atomic mass is 79.9. The maximum atomic E-state index is 11.5. The lowest BCUT2D eigenvalue weighted by Crippen LogP contribution is -1.99. The molecule has 1 aromatic heterocycles. The SMILES string of the molecule is COC(=O)c1sc(Cc2cccc(Br)c2)nc1C. The topological polar surface area (TPSA) is 39.2 Å². The fourth-order valence-corrected chi connectivity index (χ4v) is 3.10. The van der Waals surface area contributed by atoms with Crippen LogP contribution in [-0.4, -0.2) is 18.1 Å². The molecule has 5 heteroatoms. The van der Waals surface area contributed by atoms with Gasteiger partial charge in [0.15, 0.2) is 0 Å². The molecule has 0 unspecified atom stereocenters. The van der Waals surface area contributed by atoms with Gasteiger partial charge in [0.1, 0.15) is 4.88 Å². The Balaban J connectivity index is 2.23. The zero-order valence-corrected chi connectivity index (χ0v) is 12.5. The number of carbonyl (C=O) groups is 1. The van der Waals surface area contributed by atoms with Crippen LogP contribution in [0.15, 0.2) is 28.7 Å². The molecular formula is C13H12BrNO2S. The van der Waals surface area contributed by atoms with E-state index in [2.05, 4.69) is 27.0 Å². The average Bonchev–Trinajstić information content (AvgIpc) is 2.69. The van der Waals surface area contributed by atoms with E-state index in [1.165, 1.54) is 18.4 Å². The van der Waals surface area contributed by atoms with Crippen LogP contribution in [0.2, 0.25) is 0 Å². The van der Waals surface area contributed by atoms with E-state index in [-0.39, 0.29) is 5.97 Å². The Hall–Kier alpha value is -1.20. The standard InChI is InChI=1S/C13H12BrNO2S/c1-8-12(13(16)17-2)18-11(15-8)7-9-4-3-5-10(14)6-9/h3-6H,7H2,1-2H3. The van der Waals surface area contributed by atoms with Gasteiger partial charge in [0, 0.05) is 10.9 Å². The molecule has 0 spiro atoms. The van der Waals surface area contributed by atoms with Crippen LogP contribution in [0.3, 0.4) is 0 Å². The van der Waals surface area contributed by atoms with E-state index in [1.807, 2.05) is 25.1 Å². The minimum absolute atomic E-state index is 0.314. The summed E-state index contributed by atoms with van der Waals surface area (Å²) in [5.74, 6) is -0.314. The monoisotopic (exact) mass is 325 g/mol.